The molecule has 160 valence electrons. The highest BCUT2D eigenvalue weighted by molar-refractivity contribution is 6.29. The summed E-state index contributed by atoms with van der Waals surface area (Å²) in [6, 6.07) is 27.8. The molecule has 6 rings (SSSR count). The van der Waals surface area contributed by atoms with E-state index in [1.807, 2.05) is 0 Å². The molecule has 0 aromatic heterocycles. The van der Waals surface area contributed by atoms with Crippen molar-refractivity contribution in [2.75, 3.05) is 0 Å². The lowest BCUT2D eigenvalue weighted by Gasteiger charge is -2.16. The van der Waals surface area contributed by atoms with Gasteiger partial charge in [-0.1, -0.05) is 97.1 Å². The van der Waals surface area contributed by atoms with Gasteiger partial charge < -0.3 is 5.48 Å². The van der Waals surface area contributed by atoms with Gasteiger partial charge in [-0.3, -0.25) is 19.2 Å². The molecule has 0 saturated heterocycles. The van der Waals surface area contributed by atoms with Crippen molar-refractivity contribution in [3.05, 3.63) is 142 Å². The molecule has 4 aromatic carbocycles. The van der Waals surface area contributed by atoms with Gasteiger partial charge in [0.05, 0.1) is 0 Å². The topological polar surface area (TPSA) is 99.8 Å². The largest absolute Gasteiger partial charge is 0.412 e. The molecule has 5 heteroatoms. The maximum Gasteiger partial charge on any atom is 0.194 e. The molecule has 0 bridgehead atoms. The molecule has 0 fully saturated rings. The van der Waals surface area contributed by atoms with Crippen LogP contribution in [0.15, 0.2) is 97.1 Å². The molecule has 5 nitrogen and oxygen atoms in total. The van der Waals surface area contributed by atoms with Crippen molar-refractivity contribution >= 4 is 23.1 Å². The predicted molar refractivity (Wildman–Crippen MR) is 123 cm³/mol. The number of carbonyl (C=O) groups is 4. The van der Waals surface area contributed by atoms with Crippen LogP contribution in [0.3, 0.4) is 0 Å². The molecule has 0 unspecified atom stereocenters. The van der Waals surface area contributed by atoms with E-state index in [0.29, 0.717) is 44.5 Å². The van der Waals surface area contributed by atoms with E-state index in [0.717, 1.165) is 0 Å². The lowest BCUT2D eigenvalue weighted by atomic mass is 9.84. The van der Waals surface area contributed by atoms with Gasteiger partial charge in [0.25, 0.3) is 0 Å². The van der Waals surface area contributed by atoms with Crippen molar-refractivity contribution in [3.63, 3.8) is 0 Å². The first-order valence-electron chi connectivity index (χ1n) is 10.1. The van der Waals surface area contributed by atoms with Crippen molar-refractivity contribution in [2.24, 2.45) is 0 Å². The standard InChI is InChI=1S/2C14H8O2.H2O/c2*15-13-9-5-1-2-6-10(9)14(16)12-8-4-3-7-11(12)13;/h2*1-8H;1H2. The zero-order chi connectivity index (χ0) is 22.2. The molecular formula is C28H18O5. The molecule has 2 N–H and O–H groups in total. The summed E-state index contributed by atoms with van der Waals surface area (Å²) in [6.45, 7) is 0. The summed E-state index contributed by atoms with van der Waals surface area (Å²) < 4.78 is 0. The summed E-state index contributed by atoms with van der Waals surface area (Å²) in [4.78, 5) is 48.4. The van der Waals surface area contributed by atoms with Crippen LogP contribution in [-0.2, 0) is 0 Å². The van der Waals surface area contributed by atoms with Crippen LogP contribution in [0.4, 0.5) is 0 Å². The molecule has 0 radical (unpaired) electrons. The Morgan fingerprint density at radius 1 is 0.273 bits per heavy atom. The number of ketones is 4. The molecule has 0 aliphatic heterocycles. The first kappa shape index (κ1) is 21.7. The fraction of sp³-hybridized carbons (Fsp3) is 0. The highest BCUT2D eigenvalue weighted by atomic mass is 16.1. The molecule has 0 spiro atoms. The number of carbonyl (C=O) groups excluding carboxylic acids is 4. The summed E-state index contributed by atoms with van der Waals surface area (Å²) in [7, 11) is 0. The van der Waals surface area contributed by atoms with E-state index in [1.54, 1.807) is 97.1 Å². The van der Waals surface area contributed by atoms with E-state index in [-0.39, 0.29) is 28.6 Å². The smallest absolute Gasteiger partial charge is 0.194 e. The average Bonchev–Trinajstić information content (AvgIpc) is 2.86. The monoisotopic (exact) mass is 434 g/mol. The third kappa shape index (κ3) is 3.50. The minimum Gasteiger partial charge on any atom is -0.412 e. The average molecular weight is 434 g/mol. The maximum atomic E-state index is 12.1. The van der Waals surface area contributed by atoms with Crippen molar-refractivity contribution in [1.82, 2.24) is 0 Å². The Morgan fingerprint density at radius 2 is 0.394 bits per heavy atom. The van der Waals surface area contributed by atoms with Crippen molar-refractivity contribution < 1.29 is 24.7 Å². The molecule has 0 heterocycles. The minimum atomic E-state index is -0.0641. The molecule has 0 amide bonds. The summed E-state index contributed by atoms with van der Waals surface area (Å²) in [5.74, 6) is -0.256. The zero-order valence-electron chi connectivity index (χ0n) is 17.4. The van der Waals surface area contributed by atoms with Crippen molar-refractivity contribution in [2.45, 2.75) is 0 Å². The van der Waals surface area contributed by atoms with Crippen LogP contribution in [0.25, 0.3) is 0 Å². The number of benzene rings is 4. The third-order valence-corrected chi connectivity index (χ3v) is 5.67. The Kier molecular flexibility index (Phi) is 5.65. The van der Waals surface area contributed by atoms with Gasteiger partial charge in [-0.2, -0.15) is 0 Å². The van der Waals surface area contributed by atoms with Crippen LogP contribution in [-0.4, -0.2) is 28.6 Å². The van der Waals surface area contributed by atoms with E-state index >= 15 is 0 Å². The molecule has 33 heavy (non-hydrogen) atoms. The van der Waals surface area contributed by atoms with Gasteiger partial charge in [-0.25, -0.2) is 0 Å². The Labute approximate surface area is 189 Å². The normalized spacial score (nSPS) is 12.8. The number of hydrogen-bond donors (Lipinski definition) is 0. The molecular weight excluding hydrogens is 416 g/mol. The second kappa shape index (κ2) is 8.57. The minimum absolute atomic E-state index is 0. The molecule has 2 aliphatic carbocycles. The van der Waals surface area contributed by atoms with Gasteiger partial charge in [-0.05, 0) is 0 Å². The highest BCUT2D eigenvalue weighted by Gasteiger charge is 2.29. The number of rotatable bonds is 0. The van der Waals surface area contributed by atoms with Crippen LogP contribution < -0.4 is 0 Å². The van der Waals surface area contributed by atoms with Gasteiger partial charge in [-0.15, -0.1) is 0 Å². The van der Waals surface area contributed by atoms with E-state index in [9.17, 15) is 19.2 Å². The van der Waals surface area contributed by atoms with Gasteiger partial charge >= 0.3 is 0 Å². The number of fused-ring (bicyclic) bond motifs is 4. The summed E-state index contributed by atoms with van der Waals surface area (Å²) in [5, 5.41) is 0. The summed E-state index contributed by atoms with van der Waals surface area (Å²) >= 11 is 0. The van der Waals surface area contributed by atoms with Crippen molar-refractivity contribution in [3.8, 4) is 0 Å². The van der Waals surface area contributed by atoms with Crippen LogP contribution >= 0.6 is 0 Å². The Morgan fingerprint density at radius 3 is 0.515 bits per heavy atom. The quantitative estimate of drug-likeness (QED) is 0.359. The summed E-state index contributed by atoms with van der Waals surface area (Å²) in [6.07, 6.45) is 0. The van der Waals surface area contributed by atoms with Gasteiger partial charge in [0.1, 0.15) is 0 Å². The van der Waals surface area contributed by atoms with Crippen molar-refractivity contribution in [1.29, 1.82) is 0 Å². The van der Waals surface area contributed by atoms with E-state index in [4.69, 9.17) is 0 Å². The van der Waals surface area contributed by atoms with E-state index in [2.05, 4.69) is 0 Å². The molecule has 2 aliphatic rings. The first-order valence-corrected chi connectivity index (χ1v) is 10.1. The Bertz CT molecular complexity index is 1130. The van der Waals surface area contributed by atoms with Gasteiger partial charge in [0, 0.05) is 44.5 Å². The predicted octanol–water partition coefficient (Wildman–Crippen LogP) is 4.10. The molecule has 0 atom stereocenters. The Hall–Kier alpha value is -4.48. The second-order valence-electron chi connectivity index (χ2n) is 7.50. The summed E-state index contributed by atoms with van der Waals surface area (Å²) in [5.41, 5.74) is 4.05. The van der Waals surface area contributed by atoms with E-state index in [1.165, 1.54) is 0 Å². The van der Waals surface area contributed by atoms with Crippen LogP contribution in [0.1, 0.15) is 63.7 Å². The lowest BCUT2D eigenvalue weighted by Crippen LogP contribution is -2.20. The first-order chi connectivity index (χ1) is 15.6. The fourth-order valence-corrected chi connectivity index (χ4v) is 4.10. The van der Waals surface area contributed by atoms with Crippen LogP contribution in [0.2, 0.25) is 0 Å². The van der Waals surface area contributed by atoms with Crippen LogP contribution in [0, 0.1) is 0 Å². The lowest BCUT2D eigenvalue weighted by molar-refractivity contribution is 0.0979. The van der Waals surface area contributed by atoms with Crippen LogP contribution in [0.5, 0.6) is 0 Å². The molecule has 4 aromatic rings. The second-order valence-corrected chi connectivity index (χ2v) is 7.50. The zero-order valence-corrected chi connectivity index (χ0v) is 17.4. The fourth-order valence-electron chi connectivity index (χ4n) is 4.10. The highest BCUT2D eigenvalue weighted by Crippen LogP contribution is 2.27. The Balaban J connectivity index is 0.000000152. The SMILES string of the molecule is O.O=C1c2ccccc2C(=O)c2ccccc21.O=C1c2ccccc2C(=O)c2ccccc21. The van der Waals surface area contributed by atoms with Gasteiger partial charge in [0.2, 0.25) is 0 Å². The molecule has 0 saturated carbocycles. The third-order valence-electron chi connectivity index (χ3n) is 5.67. The maximum absolute atomic E-state index is 12.1. The van der Waals surface area contributed by atoms with Gasteiger partial charge in [0.15, 0.2) is 23.1 Å². The number of hydrogen-bond acceptors (Lipinski definition) is 4. The van der Waals surface area contributed by atoms with E-state index < -0.39 is 0 Å².